The highest BCUT2D eigenvalue weighted by Crippen LogP contribution is 2.20. The van der Waals surface area contributed by atoms with Gasteiger partial charge in [-0.25, -0.2) is 4.98 Å². The van der Waals surface area contributed by atoms with Crippen LogP contribution in [0, 0.1) is 18.8 Å². The Labute approximate surface area is 92.7 Å². The maximum Gasteiger partial charge on any atom is 0.0897 e. The molecule has 0 saturated heterocycles. The van der Waals surface area contributed by atoms with Gasteiger partial charge in [0.15, 0.2) is 0 Å². The standard InChI is InChI=1S/C10H16BrNS/c1-7(2)9(5-11)4-10-6-13-8(3)12-10/h6-7,9H,4-5H2,1-3H3. The molecule has 1 heterocycles. The van der Waals surface area contributed by atoms with Crippen LogP contribution in [0.2, 0.25) is 0 Å². The van der Waals surface area contributed by atoms with E-state index in [9.17, 15) is 0 Å². The number of hydrogen-bond acceptors (Lipinski definition) is 2. The fourth-order valence-corrected chi connectivity index (χ4v) is 2.84. The largest absolute Gasteiger partial charge is 0.247 e. The first-order chi connectivity index (χ1) is 6.13. The molecule has 1 unspecified atom stereocenters. The first kappa shape index (κ1) is 11.2. The summed E-state index contributed by atoms with van der Waals surface area (Å²) in [6.07, 6.45) is 1.10. The molecule has 0 aliphatic rings. The van der Waals surface area contributed by atoms with Crippen molar-refractivity contribution >= 4 is 27.3 Å². The third-order valence-electron chi connectivity index (χ3n) is 2.28. The van der Waals surface area contributed by atoms with Crippen molar-refractivity contribution in [1.82, 2.24) is 4.98 Å². The lowest BCUT2D eigenvalue weighted by Crippen LogP contribution is -2.13. The van der Waals surface area contributed by atoms with E-state index in [1.807, 2.05) is 0 Å². The van der Waals surface area contributed by atoms with Crippen LogP contribution < -0.4 is 0 Å². The zero-order valence-electron chi connectivity index (χ0n) is 8.38. The minimum absolute atomic E-state index is 0.710. The van der Waals surface area contributed by atoms with Gasteiger partial charge in [-0.2, -0.15) is 0 Å². The minimum Gasteiger partial charge on any atom is -0.247 e. The molecular formula is C10H16BrNS. The summed E-state index contributed by atoms with van der Waals surface area (Å²) in [5.41, 5.74) is 1.25. The average Bonchev–Trinajstić information content (AvgIpc) is 2.46. The monoisotopic (exact) mass is 261 g/mol. The van der Waals surface area contributed by atoms with Crippen LogP contribution in [-0.2, 0) is 6.42 Å². The van der Waals surface area contributed by atoms with E-state index in [0.29, 0.717) is 5.92 Å². The van der Waals surface area contributed by atoms with Crippen LogP contribution in [-0.4, -0.2) is 10.3 Å². The van der Waals surface area contributed by atoms with Gasteiger partial charge < -0.3 is 0 Å². The molecule has 0 aromatic carbocycles. The van der Waals surface area contributed by atoms with Crippen molar-refractivity contribution in [2.24, 2.45) is 11.8 Å². The molecule has 1 aromatic rings. The molecule has 0 saturated carbocycles. The zero-order valence-corrected chi connectivity index (χ0v) is 10.8. The second-order valence-electron chi connectivity index (χ2n) is 3.72. The Bertz CT molecular complexity index is 257. The Kier molecular flexibility index (Phi) is 4.39. The smallest absolute Gasteiger partial charge is 0.0897 e. The van der Waals surface area contributed by atoms with Crippen LogP contribution in [0.1, 0.15) is 24.5 Å². The summed E-state index contributed by atoms with van der Waals surface area (Å²) in [6, 6.07) is 0. The highest BCUT2D eigenvalue weighted by Gasteiger charge is 2.13. The van der Waals surface area contributed by atoms with E-state index in [0.717, 1.165) is 17.7 Å². The molecule has 0 aliphatic heterocycles. The predicted molar refractivity (Wildman–Crippen MR) is 62.7 cm³/mol. The molecule has 0 fully saturated rings. The maximum absolute atomic E-state index is 4.48. The number of thiazole rings is 1. The molecule has 0 bridgehead atoms. The van der Waals surface area contributed by atoms with Crippen LogP contribution in [0.4, 0.5) is 0 Å². The van der Waals surface area contributed by atoms with Gasteiger partial charge in [0.05, 0.1) is 10.7 Å². The number of nitrogens with zero attached hydrogens (tertiary/aromatic N) is 1. The lowest BCUT2D eigenvalue weighted by atomic mass is 9.94. The topological polar surface area (TPSA) is 12.9 Å². The van der Waals surface area contributed by atoms with E-state index < -0.39 is 0 Å². The van der Waals surface area contributed by atoms with Crippen LogP contribution in [0.15, 0.2) is 5.38 Å². The van der Waals surface area contributed by atoms with E-state index in [2.05, 4.69) is 47.1 Å². The third kappa shape index (κ3) is 3.39. The molecule has 3 heteroatoms. The van der Waals surface area contributed by atoms with Crippen molar-refractivity contribution in [3.8, 4) is 0 Å². The number of rotatable bonds is 4. The second-order valence-corrected chi connectivity index (χ2v) is 5.43. The van der Waals surface area contributed by atoms with Gasteiger partial charge >= 0.3 is 0 Å². The van der Waals surface area contributed by atoms with Gasteiger partial charge in [0.1, 0.15) is 0 Å². The number of hydrogen-bond donors (Lipinski definition) is 0. The van der Waals surface area contributed by atoms with Crippen LogP contribution in [0.5, 0.6) is 0 Å². The summed E-state index contributed by atoms with van der Waals surface area (Å²) in [5.74, 6) is 1.43. The highest BCUT2D eigenvalue weighted by atomic mass is 79.9. The van der Waals surface area contributed by atoms with E-state index >= 15 is 0 Å². The first-order valence-corrected chi connectivity index (χ1v) is 6.60. The van der Waals surface area contributed by atoms with Gasteiger partial charge in [0.2, 0.25) is 0 Å². The first-order valence-electron chi connectivity index (χ1n) is 4.60. The van der Waals surface area contributed by atoms with Gasteiger partial charge in [0, 0.05) is 10.7 Å². The molecule has 0 radical (unpaired) electrons. The van der Waals surface area contributed by atoms with E-state index in [-0.39, 0.29) is 0 Å². The Morgan fingerprint density at radius 3 is 2.62 bits per heavy atom. The normalized spacial score (nSPS) is 13.6. The Hall–Kier alpha value is 0.110. The van der Waals surface area contributed by atoms with Gasteiger partial charge in [0.25, 0.3) is 0 Å². The van der Waals surface area contributed by atoms with E-state index in [1.54, 1.807) is 11.3 Å². The van der Waals surface area contributed by atoms with Crippen LogP contribution >= 0.6 is 27.3 Å². The number of halogens is 1. The molecule has 1 atom stereocenters. The quantitative estimate of drug-likeness (QED) is 0.754. The SMILES string of the molecule is Cc1nc(CC(CBr)C(C)C)cs1. The van der Waals surface area contributed by atoms with Gasteiger partial charge in [-0.15, -0.1) is 11.3 Å². The fourth-order valence-electron chi connectivity index (χ4n) is 1.24. The van der Waals surface area contributed by atoms with Crippen molar-refractivity contribution in [1.29, 1.82) is 0 Å². The number of aryl methyl sites for hydroxylation is 1. The Balaban J connectivity index is 2.56. The summed E-state index contributed by atoms with van der Waals surface area (Å²) in [5, 5.41) is 4.42. The molecule has 0 amide bonds. The fraction of sp³-hybridized carbons (Fsp3) is 0.700. The average molecular weight is 262 g/mol. The molecule has 13 heavy (non-hydrogen) atoms. The molecule has 0 N–H and O–H groups in total. The summed E-state index contributed by atoms with van der Waals surface area (Å²) in [7, 11) is 0. The maximum atomic E-state index is 4.48. The van der Waals surface area contributed by atoms with Gasteiger partial charge in [-0.1, -0.05) is 29.8 Å². The van der Waals surface area contributed by atoms with Crippen molar-refractivity contribution in [3.63, 3.8) is 0 Å². The van der Waals surface area contributed by atoms with Crippen LogP contribution in [0.3, 0.4) is 0 Å². The van der Waals surface area contributed by atoms with E-state index in [4.69, 9.17) is 0 Å². The van der Waals surface area contributed by atoms with Crippen molar-refractivity contribution in [2.45, 2.75) is 27.2 Å². The molecular weight excluding hydrogens is 246 g/mol. The summed E-state index contributed by atoms with van der Waals surface area (Å²) >= 11 is 5.30. The molecule has 1 nitrogen and oxygen atoms in total. The molecule has 0 spiro atoms. The lowest BCUT2D eigenvalue weighted by Gasteiger charge is -2.16. The lowest BCUT2D eigenvalue weighted by molar-refractivity contribution is 0.424. The summed E-state index contributed by atoms with van der Waals surface area (Å²) in [4.78, 5) is 4.48. The molecule has 74 valence electrons. The number of alkyl halides is 1. The van der Waals surface area contributed by atoms with Gasteiger partial charge in [-0.05, 0) is 25.2 Å². The van der Waals surface area contributed by atoms with Crippen molar-refractivity contribution < 1.29 is 0 Å². The van der Waals surface area contributed by atoms with Gasteiger partial charge in [-0.3, -0.25) is 0 Å². The predicted octanol–water partition coefficient (Wildman–Crippen LogP) is 3.66. The van der Waals surface area contributed by atoms with Crippen LogP contribution in [0.25, 0.3) is 0 Å². The van der Waals surface area contributed by atoms with Crippen molar-refractivity contribution in [3.05, 3.63) is 16.1 Å². The highest BCUT2D eigenvalue weighted by molar-refractivity contribution is 9.09. The summed E-state index contributed by atoms with van der Waals surface area (Å²) < 4.78 is 0. The Morgan fingerprint density at radius 1 is 1.54 bits per heavy atom. The minimum atomic E-state index is 0.710. The number of aromatic nitrogens is 1. The zero-order chi connectivity index (χ0) is 9.84. The van der Waals surface area contributed by atoms with E-state index in [1.165, 1.54) is 10.7 Å². The molecule has 0 aliphatic carbocycles. The van der Waals surface area contributed by atoms with Crippen molar-refractivity contribution in [2.75, 3.05) is 5.33 Å². The molecule has 1 rings (SSSR count). The second kappa shape index (κ2) is 5.11. The summed E-state index contributed by atoms with van der Waals surface area (Å²) in [6.45, 7) is 6.60. The third-order valence-corrected chi connectivity index (χ3v) is 3.93. The molecule has 1 aromatic heterocycles. The Morgan fingerprint density at radius 2 is 2.23 bits per heavy atom.